The third kappa shape index (κ3) is 2.17. The number of nitrogens with one attached hydrogen (secondary N) is 1. The molecule has 1 unspecified atom stereocenters. The topological polar surface area (TPSA) is 29.1 Å². The molecule has 0 amide bonds. The molecule has 0 radical (unpaired) electrons. The summed E-state index contributed by atoms with van der Waals surface area (Å²) in [6, 6.07) is 8.03. The normalized spacial score (nSPS) is 17.9. The average Bonchev–Trinajstić information content (AvgIpc) is 2.25. The van der Waals surface area contributed by atoms with Crippen LogP contribution in [-0.4, -0.2) is 18.9 Å². The van der Waals surface area contributed by atoms with Crippen LogP contribution in [-0.2, 0) is 6.42 Å². The molecule has 16 heavy (non-hydrogen) atoms. The van der Waals surface area contributed by atoms with Crippen molar-refractivity contribution in [1.82, 2.24) is 5.32 Å². The molecule has 0 aromatic heterocycles. The van der Waals surface area contributed by atoms with Crippen LogP contribution in [0.2, 0.25) is 0 Å². The molecule has 0 aliphatic carbocycles. The Morgan fingerprint density at radius 2 is 2.25 bits per heavy atom. The Bertz CT molecular complexity index is 382. The van der Waals surface area contributed by atoms with Gasteiger partial charge in [-0.1, -0.05) is 32.0 Å². The Kier molecular flexibility index (Phi) is 3.39. The summed E-state index contributed by atoms with van der Waals surface area (Å²) in [7, 11) is 0. The minimum atomic E-state index is 0.147. The Hall–Kier alpha value is -1.15. The van der Waals surface area contributed by atoms with E-state index in [2.05, 4.69) is 18.3 Å². The summed E-state index contributed by atoms with van der Waals surface area (Å²) in [4.78, 5) is 12.2. The third-order valence-electron chi connectivity index (χ3n) is 3.55. The summed E-state index contributed by atoms with van der Waals surface area (Å²) in [5.41, 5.74) is 2.11. The number of Topliss-reactive ketones (excluding diaryl/α,β-unsaturated/α-hetero) is 1. The minimum Gasteiger partial charge on any atom is -0.316 e. The summed E-state index contributed by atoms with van der Waals surface area (Å²) in [6.07, 6.45) is 0.987. The SMILES string of the molecule is CCc1cccc(C(=O)C(C)C2CNC2)c1. The van der Waals surface area contributed by atoms with Gasteiger partial charge in [-0.25, -0.2) is 0 Å². The first-order valence-corrected chi connectivity index (χ1v) is 6.06. The predicted octanol–water partition coefficient (Wildman–Crippen LogP) is 2.29. The van der Waals surface area contributed by atoms with Gasteiger partial charge in [0.1, 0.15) is 0 Å². The Labute approximate surface area is 97.1 Å². The second-order valence-corrected chi connectivity index (χ2v) is 4.63. The molecule has 0 bridgehead atoms. The summed E-state index contributed by atoms with van der Waals surface area (Å²) in [5, 5.41) is 3.22. The summed E-state index contributed by atoms with van der Waals surface area (Å²) < 4.78 is 0. The zero-order valence-electron chi connectivity index (χ0n) is 9.99. The molecule has 1 fully saturated rings. The predicted molar refractivity (Wildman–Crippen MR) is 65.7 cm³/mol. The van der Waals surface area contributed by atoms with Crippen LogP contribution in [0.3, 0.4) is 0 Å². The highest BCUT2D eigenvalue weighted by atomic mass is 16.1. The number of hydrogen-bond acceptors (Lipinski definition) is 2. The molecular weight excluding hydrogens is 198 g/mol. The van der Waals surface area contributed by atoms with E-state index in [1.165, 1.54) is 5.56 Å². The largest absolute Gasteiger partial charge is 0.316 e. The van der Waals surface area contributed by atoms with Gasteiger partial charge in [-0.3, -0.25) is 4.79 Å². The molecule has 1 atom stereocenters. The number of hydrogen-bond donors (Lipinski definition) is 1. The van der Waals surface area contributed by atoms with Crippen molar-refractivity contribution >= 4 is 5.78 Å². The first-order chi connectivity index (χ1) is 7.72. The second-order valence-electron chi connectivity index (χ2n) is 4.63. The Balaban J connectivity index is 2.12. The molecule has 86 valence electrons. The summed E-state index contributed by atoms with van der Waals surface area (Å²) in [5.74, 6) is 0.966. The number of carbonyl (C=O) groups is 1. The van der Waals surface area contributed by atoms with Crippen LogP contribution in [0.4, 0.5) is 0 Å². The molecule has 1 heterocycles. The van der Waals surface area contributed by atoms with Crippen molar-refractivity contribution in [1.29, 1.82) is 0 Å². The molecule has 2 rings (SSSR count). The maximum absolute atomic E-state index is 12.2. The molecule has 1 N–H and O–H groups in total. The van der Waals surface area contributed by atoms with Crippen LogP contribution in [0.25, 0.3) is 0 Å². The average molecular weight is 217 g/mol. The number of benzene rings is 1. The molecule has 1 aliphatic heterocycles. The van der Waals surface area contributed by atoms with E-state index >= 15 is 0 Å². The van der Waals surface area contributed by atoms with Crippen molar-refractivity contribution in [2.45, 2.75) is 20.3 Å². The zero-order valence-corrected chi connectivity index (χ0v) is 9.99. The number of aryl methyl sites for hydroxylation is 1. The van der Waals surface area contributed by atoms with Crippen LogP contribution in [0.1, 0.15) is 29.8 Å². The molecule has 0 saturated carbocycles. The van der Waals surface area contributed by atoms with Gasteiger partial charge >= 0.3 is 0 Å². The maximum atomic E-state index is 12.2. The standard InChI is InChI=1S/C14H19NO/c1-3-11-5-4-6-12(7-11)14(16)10(2)13-8-15-9-13/h4-7,10,13,15H,3,8-9H2,1-2H3. The molecular formula is C14H19NO. The van der Waals surface area contributed by atoms with Crippen LogP contribution in [0.5, 0.6) is 0 Å². The van der Waals surface area contributed by atoms with E-state index in [1.54, 1.807) is 0 Å². The van der Waals surface area contributed by atoms with Gasteiger partial charge in [-0.05, 0) is 37.1 Å². The van der Waals surface area contributed by atoms with Gasteiger partial charge in [0.25, 0.3) is 0 Å². The fourth-order valence-electron chi connectivity index (χ4n) is 2.09. The monoisotopic (exact) mass is 217 g/mol. The third-order valence-corrected chi connectivity index (χ3v) is 3.55. The first-order valence-electron chi connectivity index (χ1n) is 6.06. The summed E-state index contributed by atoms with van der Waals surface area (Å²) in [6.45, 7) is 6.13. The highest BCUT2D eigenvalue weighted by molar-refractivity contribution is 5.98. The van der Waals surface area contributed by atoms with Crippen LogP contribution < -0.4 is 5.32 Å². The second kappa shape index (κ2) is 4.79. The lowest BCUT2D eigenvalue weighted by atomic mass is 9.83. The number of ketones is 1. The van der Waals surface area contributed by atoms with Crippen molar-refractivity contribution in [3.05, 3.63) is 35.4 Å². The Morgan fingerprint density at radius 3 is 2.81 bits per heavy atom. The van der Waals surface area contributed by atoms with Crippen LogP contribution in [0, 0.1) is 11.8 Å². The highest BCUT2D eigenvalue weighted by Crippen LogP contribution is 2.21. The molecule has 2 nitrogen and oxygen atoms in total. The number of carbonyl (C=O) groups excluding carboxylic acids is 1. The van der Waals surface area contributed by atoms with Crippen LogP contribution in [0.15, 0.2) is 24.3 Å². The lowest BCUT2D eigenvalue weighted by Crippen LogP contribution is -2.47. The zero-order chi connectivity index (χ0) is 11.5. The van der Waals surface area contributed by atoms with E-state index in [4.69, 9.17) is 0 Å². The fourth-order valence-corrected chi connectivity index (χ4v) is 2.09. The highest BCUT2D eigenvalue weighted by Gasteiger charge is 2.29. The molecule has 1 aliphatic rings. The van der Waals surface area contributed by atoms with E-state index < -0.39 is 0 Å². The van der Waals surface area contributed by atoms with Crippen molar-refractivity contribution in [2.24, 2.45) is 11.8 Å². The lowest BCUT2D eigenvalue weighted by Gasteiger charge is -2.31. The van der Waals surface area contributed by atoms with Crippen molar-refractivity contribution < 1.29 is 4.79 Å². The van der Waals surface area contributed by atoms with Gasteiger partial charge in [0.15, 0.2) is 5.78 Å². The van der Waals surface area contributed by atoms with Gasteiger partial charge in [0, 0.05) is 11.5 Å². The smallest absolute Gasteiger partial charge is 0.166 e. The van der Waals surface area contributed by atoms with E-state index in [9.17, 15) is 4.79 Å². The van der Waals surface area contributed by atoms with Crippen molar-refractivity contribution in [3.63, 3.8) is 0 Å². The van der Waals surface area contributed by atoms with E-state index in [0.29, 0.717) is 11.7 Å². The van der Waals surface area contributed by atoms with Gasteiger partial charge in [0.2, 0.25) is 0 Å². The van der Waals surface area contributed by atoms with Gasteiger partial charge in [-0.2, -0.15) is 0 Å². The van der Waals surface area contributed by atoms with Gasteiger partial charge < -0.3 is 5.32 Å². The molecule has 2 heteroatoms. The summed E-state index contributed by atoms with van der Waals surface area (Å²) >= 11 is 0. The Morgan fingerprint density at radius 1 is 1.50 bits per heavy atom. The first kappa shape index (κ1) is 11.3. The van der Waals surface area contributed by atoms with Crippen molar-refractivity contribution in [3.8, 4) is 0 Å². The van der Waals surface area contributed by atoms with E-state index in [1.807, 2.05) is 25.1 Å². The maximum Gasteiger partial charge on any atom is 0.166 e. The van der Waals surface area contributed by atoms with E-state index in [0.717, 1.165) is 25.1 Å². The van der Waals surface area contributed by atoms with Gasteiger partial charge in [-0.15, -0.1) is 0 Å². The van der Waals surface area contributed by atoms with Crippen molar-refractivity contribution in [2.75, 3.05) is 13.1 Å². The van der Waals surface area contributed by atoms with Gasteiger partial charge in [0.05, 0.1) is 0 Å². The van der Waals surface area contributed by atoms with Crippen LogP contribution >= 0.6 is 0 Å². The molecule has 1 aromatic carbocycles. The lowest BCUT2D eigenvalue weighted by molar-refractivity contribution is 0.0854. The molecule has 1 aromatic rings. The number of rotatable bonds is 4. The quantitative estimate of drug-likeness (QED) is 0.784. The fraction of sp³-hybridized carbons (Fsp3) is 0.500. The molecule has 1 saturated heterocycles. The minimum absolute atomic E-state index is 0.147. The molecule has 0 spiro atoms. The van der Waals surface area contributed by atoms with E-state index in [-0.39, 0.29) is 5.92 Å².